The van der Waals surface area contributed by atoms with Crippen LogP contribution in [0.25, 0.3) is 27.8 Å². The van der Waals surface area contributed by atoms with Crippen LogP contribution in [0, 0.1) is 11.3 Å². The van der Waals surface area contributed by atoms with Crippen molar-refractivity contribution in [2.45, 2.75) is 27.0 Å². The predicted octanol–water partition coefficient (Wildman–Crippen LogP) is 5.22. The molecule has 10 nitrogen and oxygen atoms in total. The molecule has 0 spiro atoms. The lowest BCUT2D eigenvalue weighted by Gasteiger charge is -2.11. The summed E-state index contributed by atoms with van der Waals surface area (Å²) in [6.07, 6.45) is 3.29. The fourth-order valence-electron chi connectivity index (χ4n) is 4.55. The van der Waals surface area contributed by atoms with Crippen LogP contribution < -0.4 is 9.47 Å². The molecule has 0 radical (unpaired) electrons. The number of methoxy groups -OCH3 is 1. The Labute approximate surface area is 225 Å². The third-order valence-corrected chi connectivity index (χ3v) is 6.70. The molecule has 0 saturated heterocycles. The van der Waals surface area contributed by atoms with Crippen LogP contribution in [0.3, 0.4) is 0 Å². The molecule has 1 aliphatic rings. The summed E-state index contributed by atoms with van der Waals surface area (Å²) in [7, 11) is 1.64. The molecule has 1 N–H and O–H groups in total. The molecule has 0 amide bonds. The largest absolute Gasteiger partial charge is 0.497 e. The zero-order valence-corrected chi connectivity index (χ0v) is 21.8. The van der Waals surface area contributed by atoms with Gasteiger partial charge in [0.2, 0.25) is 5.90 Å². The maximum atomic E-state index is 7.89. The van der Waals surface area contributed by atoms with E-state index in [0.29, 0.717) is 29.6 Å². The Hall–Kier alpha value is -4.99. The average molecular weight is 522 g/mol. The highest BCUT2D eigenvalue weighted by Crippen LogP contribution is 2.35. The van der Waals surface area contributed by atoms with Gasteiger partial charge in [0.15, 0.2) is 11.6 Å². The molecule has 0 atom stereocenters. The predicted molar refractivity (Wildman–Crippen MR) is 148 cm³/mol. The molecule has 3 heterocycles. The number of nitrogens with one attached hydrogen (secondary N) is 1. The normalized spacial score (nSPS) is 12.2. The van der Waals surface area contributed by atoms with Gasteiger partial charge in [0, 0.05) is 16.9 Å². The maximum Gasteiger partial charge on any atom is 0.219 e. The van der Waals surface area contributed by atoms with E-state index < -0.39 is 0 Å². The molecule has 6 rings (SSSR count). The van der Waals surface area contributed by atoms with Gasteiger partial charge < -0.3 is 18.9 Å². The number of ether oxygens (including phenoxy) is 2. The standard InChI is InChI=1S/C29H27N7O3/c1-18(2)28(30)39-32-14-23-25-15-35-27(16-38-26-10-6-8-19-7-4-5-9-21(19)26)33-34-29(35)22-13-20(37-3)11-12-24(22)36(25)17-31-23/h4-14,17-18,30H,15-16H2,1-3H3/b30-28?,32-14+. The second-order valence-corrected chi connectivity index (χ2v) is 9.47. The van der Waals surface area contributed by atoms with Gasteiger partial charge in [0.05, 0.1) is 31.3 Å². The topological polar surface area (TPSA) is 112 Å². The minimum atomic E-state index is -0.0630. The van der Waals surface area contributed by atoms with Crippen molar-refractivity contribution in [1.29, 1.82) is 5.41 Å². The molecule has 3 aromatic carbocycles. The van der Waals surface area contributed by atoms with Crippen molar-refractivity contribution in [3.63, 3.8) is 0 Å². The van der Waals surface area contributed by atoms with Gasteiger partial charge in [-0.25, -0.2) is 4.98 Å². The van der Waals surface area contributed by atoms with E-state index in [-0.39, 0.29) is 18.4 Å². The third kappa shape index (κ3) is 4.50. The first-order valence-electron chi connectivity index (χ1n) is 12.6. The quantitative estimate of drug-likeness (QED) is 0.175. The van der Waals surface area contributed by atoms with Crippen LogP contribution in [0.2, 0.25) is 0 Å². The number of rotatable bonds is 7. The lowest BCUT2D eigenvalue weighted by atomic mass is 10.1. The van der Waals surface area contributed by atoms with Crippen LogP contribution in [0.5, 0.6) is 11.5 Å². The Kier molecular flexibility index (Phi) is 6.28. The van der Waals surface area contributed by atoms with Gasteiger partial charge >= 0.3 is 0 Å². The van der Waals surface area contributed by atoms with E-state index in [2.05, 4.69) is 32.5 Å². The Morgan fingerprint density at radius 1 is 1.10 bits per heavy atom. The van der Waals surface area contributed by atoms with Gasteiger partial charge in [0.25, 0.3) is 0 Å². The van der Waals surface area contributed by atoms with Crippen molar-refractivity contribution in [1.82, 2.24) is 24.3 Å². The summed E-state index contributed by atoms with van der Waals surface area (Å²) in [5, 5.41) is 23.1. The minimum absolute atomic E-state index is 0.0630. The summed E-state index contributed by atoms with van der Waals surface area (Å²) in [6, 6.07) is 19.9. The Bertz CT molecular complexity index is 1710. The number of oxime groups is 1. The molecule has 0 bridgehead atoms. The van der Waals surface area contributed by atoms with E-state index >= 15 is 0 Å². The van der Waals surface area contributed by atoms with Crippen LogP contribution in [0.15, 0.2) is 72.1 Å². The maximum absolute atomic E-state index is 7.89. The van der Waals surface area contributed by atoms with Crippen molar-refractivity contribution in [3.05, 3.63) is 84.2 Å². The fraction of sp³-hybridized carbons (Fsp3) is 0.207. The first-order valence-corrected chi connectivity index (χ1v) is 12.6. The Balaban J connectivity index is 1.39. The van der Waals surface area contributed by atoms with Crippen LogP contribution in [0.4, 0.5) is 0 Å². The number of hydrogen-bond acceptors (Lipinski definition) is 8. The molecule has 2 aromatic heterocycles. The lowest BCUT2D eigenvalue weighted by Crippen LogP contribution is -2.11. The molecule has 39 heavy (non-hydrogen) atoms. The van der Waals surface area contributed by atoms with Gasteiger partial charge in [-0.15, -0.1) is 10.2 Å². The zero-order chi connectivity index (χ0) is 26.9. The second kappa shape index (κ2) is 10.1. The van der Waals surface area contributed by atoms with E-state index in [0.717, 1.165) is 33.5 Å². The summed E-state index contributed by atoms with van der Waals surface area (Å²) in [5.74, 6) is 2.88. The van der Waals surface area contributed by atoms with Gasteiger partial charge in [-0.3, -0.25) is 9.98 Å². The number of imidazole rings is 1. The highest BCUT2D eigenvalue weighted by Gasteiger charge is 2.26. The smallest absolute Gasteiger partial charge is 0.219 e. The van der Waals surface area contributed by atoms with Crippen molar-refractivity contribution in [2.75, 3.05) is 7.11 Å². The molecule has 0 unspecified atom stereocenters. The Morgan fingerprint density at radius 3 is 2.79 bits per heavy atom. The summed E-state index contributed by atoms with van der Waals surface area (Å²) in [4.78, 5) is 9.82. The summed E-state index contributed by atoms with van der Waals surface area (Å²) in [5.41, 5.74) is 3.24. The van der Waals surface area contributed by atoms with Crippen molar-refractivity contribution in [3.8, 4) is 28.6 Å². The molecule has 5 aromatic rings. The third-order valence-electron chi connectivity index (χ3n) is 6.70. The van der Waals surface area contributed by atoms with Crippen molar-refractivity contribution >= 4 is 22.9 Å². The van der Waals surface area contributed by atoms with Gasteiger partial charge in [0.1, 0.15) is 30.1 Å². The highest BCUT2D eigenvalue weighted by molar-refractivity contribution is 5.88. The number of aromatic nitrogens is 5. The van der Waals surface area contributed by atoms with Gasteiger partial charge in [-0.05, 0) is 29.7 Å². The summed E-state index contributed by atoms with van der Waals surface area (Å²) < 4.78 is 15.8. The van der Waals surface area contributed by atoms with E-state index in [1.54, 1.807) is 13.4 Å². The monoisotopic (exact) mass is 521 g/mol. The van der Waals surface area contributed by atoms with E-state index in [1.807, 2.05) is 71.5 Å². The molecule has 0 saturated carbocycles. The summed E-state index contributed by atoms with van der Waals surface area (Å²) in [6.45, 7) is 4.41. The number of nitrogens with zero attached hydrogens (tertiary/aromatic N) is 6. The van der Waals surface area contributed by atoms with Crippen LogP contribution >= 0.6 is 0 Å². The molecular weight excluding hydrogens is 494 g/mol. The van der Waals surface area contributed by atoms with Crippen molar-refractivity contribution < 1.29 is 14.3 Å². The molecule has 0 aliphatic carbocycles. The molecule has 10 heteroatoms. The lowest BCUT2D eigenvalue weighted by molar-refractivity contribution is 0.293. The summed E-state index contributed by atoms with van der Waals surface area (Å²) >= 11 is 0. The SMILES string of the molecule is COc1ccc2c(c1)-c1nnc(COc3cccc4ccccc34)n1Cc1c(/C=N/OC(=N)C(C)C)ncn1-2. The molecular formula is C29H27N7O3. The van der Waals surface area contributed by atoms with E-state index in [4.69, 9.17) is 19.7 Å². The second-order valence-electron chi connectivity index (χ2n) is 9.47. The molecule has 196 valence electrons. The minimum Gasteiger partial charge on any atom is -0.497 e. The van der Waals surface area contributed by atoms with Gasteiger partial charge in [-0.1, -0.05) is 55.4 Å². The first kappa shape index (κ1) is 24.4. The van der Waals surface area contributed by atoms with Gasteiger partial charge in [-0.2, -0.15) is 0 Å². The fourth-order valence-corrected chi connectivity index (χ4v) is 4.55. The van der Waals surface area contributed by atoms with E-state index in [9.17, 15) is 0 Å². The average Bonchev–Trinajstić information content (AvgIpc) is 3.51. The molecule has 0 fully saturated rings. The molecule has 1 aliphatic heterocycles. The van der Waals surface area contributed by atoms with Crippen molar-refractivity contribution in [2.24, 2.45) is 11.1 Å². The first-order chi connectivity index (χ1) is 19.0. The number of fused-ring (bicyclic) bond motifs is 6. The number of hydrogen-bond donors (Lipinski definition) is 1. The van der Waals surface area contributed by atoms with E-state index in [1.165, 1.54) is 6.21 Å². The van der Waals surface area contributed by atoms with Crippen LogP contribution in [-0.4, -0.2) is 43.5 Å². The number of benzene rings is 3. The zero-order valence-electron chi connectivity index (χ0n) is 21.8. The van der Waals surface area contributed by atoms with Crippen LogP contribution in [-0.2, 0) is 18.0 Å². The van der Waals surface area contributed by atoms with Crippen LogP contribution in [0.1, 0.15) is 31.1 Å². The highest BCUT2D eigenvalue weighted by atomic mass is 16.6. The Morgan fingerprint density at radius 2 is 1.95 bits per heavy atom.